The smallest absolute Gasteiger partial charge is 0.407 e. The summed E-state index contributed by atoms with van der Waals surface area (Å²) in [6, 6.07) is 14.6. The highest BCUT2D eigenvalue weighted by Gasteiger charge is 2.82. The molecule has 1 fully saturated rings. The van der Waals surface area contributed by atoms with E-state index in [1.54, 1.807) is 6.07 Å². The number of nitrogens with one attached hydrogen (secondary N) is 2. The summed E-state index contributed by atoms with van der Waals surface area (Å²) in [5.41, 5.74) is -1.28. The molecular formula is C36H28N2O10S. The van der Waals surface area contributed by atoms with Gasteiger partial charge in [-0.25, -0.2) is 4.79 Å². The van der Waals surface area contributed by atoms with Crippen LogP contribution in [0.1, 0.15) is 55.5 Å². The topological polar surface area (TPSA) is 192 Å². The van der Waals surface area contributed by atoms with Crippen molar-refractivity contribution in [1.29, 1.82) is 0 Å². The van der Waals surface area contributed by atoms with Crippen LogP contribution in [0.3, 0.4) is 0 Å². The van der Waals surface area contributed by atoms with Crippen LogP contribution < -0.4 is 10.6 Å². The minimum atomic E-state index is -1.64. The van der Waals surface area contributed by atoms with Crippen molar-refractivity contribution in [3.05, 3.63) is 106 Å². The maximum absolute atomic E-state index is 14.1. The van der Waals surface area contributed by atoms with Gasteiger partial charge < -0.3 is 35.4 Å². The van der Waals surface area contributed by atoms with E-state index in [0.717, 1.165) is 5.56 Å². The number of fused-ring (bicyclic) bond motifs is 4. The lowest BCUT2D eigenvalue weighted by molar-refractivity contribution is 0.0867. The quantitative estimate of drug-likeness (QED) is 0.114. The molecule has 1 amide bonds. The third-order valence-electron chi connectivity index (χ3n) is 8.93. The molecule has 2 bridgehead atoms. The lowest BCUT2D eigenvalue weighted by atomic mass is 9.69. The van der Waals surface area contributed by atoms with Crippen LogP contribution in [-0.2, 0) is 39.6 Å². The van der Waals surface area contributed by atoms with Crippen LogP contribution in [0.5, 0.6) is 5.75 Å². The number of phenols is 1. The van der Waals surface area contributed by atoms with Gasteiger partial charge in [-0.2, -0.15) is 8.42 Å². The number of aliphatic hydroxyl groups excluding tert-OH is 2. The molecule has 2 aliphatic carbocycles. The van der Waals surface area contributed by atoms with Crippen molar-refractivity contribution in [2.75, 3.05) is 11.9 Å². The Morgan fingerprint density at radius 1 is 1.02 bits per heavy atom. The van der Waals surface area contributed by atoms with Gasteiger partial charge in [0.25, 0.3) is 0 Å². The fourth-order valence-electron chi connectivity index (χ4n) is 6.73. The Kier molecular flexibility index (Phi) is 8.94. The highest BCUT2D eigenvalue weighted by molar-refractivity contribution is 7.51. The van der Waals surface area contributed by atoms with Gasteiger partial charge in [0.1, 0.15) is 11.8 Å². The third kappa shape index (κ3) is 5.49. The van der Waals surface area contributed by atoms with Gasteiger partial charge in [0.15, 0.2) is 28.9 Å². The number of amides is 1. The van der Waals surface area contributed by atoms with Crippen LogP contribution in [0.4, 0.5) is 10.5 Å². The summed E-state index contributed by atoms with van der Waals surface area (Å²) < 4.78 is 28.0. The van der Waals surface area contributed by atoms with Crippen LogP contribution in [-0.4, -0.2) is 71.9 Å². The van der Waals surface area contributed by atoms with Gasteiger partial charge in [0.2, 0.25) is 0 Å². The standard InChI is InChI=1S/C36H28N2O8.O2S/c1-20(39)35-27-11-7-2-3-8-12-28(41)36(35,46-35)25-18-26(40)29-30(31(25)38-27)32(42)23-14-13-22(17-24(23)33(29)43)19-37-34(44)45-16-15-21-9-5-4-6-10-21;1-3-2/h2-6,9-10,13-14,17-18,20,27-28,38-41H,15-16,19H2,1H3,(H,37,44);/b3-2-;/t20-,27+,28-,35+,36+;/m1./s1. The van der Waals surface area contributed by atoms with E-state index < -0.39 is 64.4 Å². The van der Waals surface area contributed by atoms with E-state index in [4.69, 9.17) is 17.9 Å². The molecule has 5 N–H and O–H groups in total. The summed E-state index contributed by atoms with van der Waals surface area (Å²) in [6.07, 6.45) is 0.307. The van der Waals surface area contributed by atoms with Crippen molar-refractivity contribution in [2.24, 2.45) is 0 Å². The fraction of sp³-hybridized carbons (Fsp3) is 0.250. The molecule has 0 saturated carbocycles. The number of benzene rings is 3. The Morgan fingerprint density at radius 3 is 2.43 bits per heavy atom. The number of hydrogen-bond donors (Lipinski definition) is 5. The molecule has 13 heteroatoms. The van der Waals surface area contributed by atoms with Crippen molar-refractivity contribution in [2.45, 2.75) is 49.3 Å². The van der Waals surface area contributed by atoms with E-state index in [1.807, 2.05) is 30.3 Å². The SMILES string of the molecule is C[C@@H](O)[C@@]12O[C@]13c1cc(O)c4c(c1N[C@H]2C#C/C=C\C#C[C@H]3O)C(=O)c1ccc(CNC(=O)OCCc2ccccc2)cc1C4=O.O=S=O. The van der Waals surface area contributed by atoms with E-state index in [1.165, 1.54) is 37.3 Å². The van der Waals surface area contributed by atoms with Gasteiger partial charge in [0, 0.05) is 29.7 Å². The maximum atomic E-state index is 14.1. The first-order valence-corrected chi connectivity index (χ1v) is 15.8. The summed E-state index contributed by atoms with van der Waals surface area (Å²) in [7, 11) is 0. The lowest BCUT2D eigenvalue weighted by Gasteiger charge is -2.37. The van der Waals surface area contributed by atoms with Gasteiger partial charge in [-0.05, 0) is 48.4 Å². The number of carbonyl (C=O) groups excluding carboxylic acids is 3. The molecule has 4 aliphatic rings. The zero-order chi connectivity index (χ0) is 34.9. The predicted molar refractivity (Wildman–Crippen MR) is 174 cm³/mol. The van der Waals surface area contributed by atoms with Crippen LogP contribution in [0.25, 0.3) is 0 Å². The van der Waals surface area contributed by atoms with E-state index in [0.29, 0.717) is 12.0 Å². The third-order valence-corrected chi connectivity index (χ3v) is 8.93. The number of aliphatic hydroxyl groups is 2. The molecule has 49 heavy (non-hydrogen) atoms. The molecule has 248 valence electrons. The summed E-state index contributed by atoms with van der Waals surface area (Å²) in [6.45, 7) is 1.74. The molecule has 2 heterocycles. The lowest BCUT2D eigenvalue weighted by Crippen LogP contribution is -2.54. The first-order chi connectivity index (χ1) is 23.6. The molecule has 3 aromatic carbocycles. The number of anilines is 1. The molecule has 3 aromatic rings. The Bertz CT molecular complexity index is 2090. The molecule has 5 atom stereocenters. The Labute approximate surface area is 283 Å². The molecule has 0 radical (unpaired) electrons. The average molecular weight is 681 g/mol. The largest absolute Gasteiger partial charge is 0.507 e. The summed E-state index contributed by atoms with van der Waals surface area (Å²) in [5, 5.41) is 39.3. The number of rotatable bonds is 6. The molecule has 12 nitrogen and oxygen atoms in total. The minimum absolute atomic E-state index is 0.0402. The van der Waals surface area contributed by atoms with Crippen LogP contribution in [0.15, 0.2) is 66.7 Å². The summed E-state index contributed by atoms with van der Waals surface area (Å²) in [4.78, 5) is 40.3. The second-order valence-corrected chi connectivity index (χ2v) is 11.7. The number of allylic oxidation sites excluding steroid dienone is 2. The number of aromatic hydroxyl groups is 1. The first kappa shape index (κ1) is 33.3. The average Bonchev–Trinajstić information content (AvgIpc) is 3.82. The Balaban J connectivity index is 0.00000134. The van der Waals surface area contributed by atoms with Crippen molar-refractivity contribution in [3.8, 4) is 29.4 Å². The van der Waals surface area contributed by atoms with Gasteiger partial charge >= 0.3 is 17.7 Å². The second-order valence-electron chi connectivity index (χ2n) is 11.6. The second kappa shape index (κ2) is 13.1. The number of ether oxygens (including phenoxy) is 2. The van der Waals surface area contributed by atoms with Crippen LogP contribution >= 0.6 is 0 Å². The normalized spacial score (nSPS) is 24.4. The number of hydrogen-bond acceptors (Lipinski definition) is 11. The number of phenolic OH excluding ortho intramolecular Hbond substituents is 1. The number of carbonyl (C=O) groups is 3. The van der Waals surface area contributed by atoms with Crippen LogP contribution in [0, 0.1) is 23.7 Å². The Hall–Kier alpha value is -5.57. The van der Waals surface area contributed by atoms with Crippen LogP contribution in [0.2, 0.25) is 0 Å². The molecular weight excluding hydrogens is 652 g/mol. The molecule has 1 saturated heterocycles. The van der Waals surface area contributed by atoms with Crippen molar-refractivity contribution >= 4 is 34.9 Å². The van der Waals surface area contributed by atoms with E-state index in [-0.39, 0.29) is 46.7 Å². The molecule has 0 unspecified atom stereocenters. The molecule has 0 spiro atoms. The van der Waals surface area contributed by atoms with E-state index in [9.17, 15) is 29.7 Å². The predicted octanol–water partition coefficient (Wildman–Crippen LogP) is 2.04. The van der Waals surface area contributed by atoms with Gasteiger partial charge in [-0.1, -0.05) is 60.1 Å². The summed E-state index contributed by atoms with van der Waals surface area (Å²) in [5.74, 6) is 9.64. The number of epoxide rings is 1. The highest BCUT2D eigenvalue weighted by atomic mass is 32.1. The number of ketones is 2. The van der Waals surface area contributed by atoms with E-state index in [2.05, 4.69) is 34.3 Å². The molecule has 7 rings (SSSR count). The van der Waals surface area contributed by atoms with Gasteiger partial charge in [0.05, 0.1) is 29.5 Å². The first-order valence-electron chi connectivity index (χ1n) is 15.1. The van der Waals surface area contributed by atoms with Crippen molar-refractivity contribution in [1.82, 2.24) is 5.32 Å². The van der Waals surface area contributed by atoms with Crippen molar-refractivity contribution < 1.29 is 47.6 Å². The minimum Gasteiger partial charge on any atom is -0.507 e. The molecule has 0 aromatic heterocycles. The van der Waals surface area contributed by atoms with E-state index >= 15 is 0 Å². The zero-order valence-corrected chi connectivity index (χ0v) is 26.6. The number of alkyl carbamates (subject to hydrolysis) is 1. The fourth-order valence-corrected chi connectivity index (χ4v) is 6.73. The van der Waals surface area contributed by atoms with Gasteiger partial charge in [-0.15, -0.1) is 0 Å². The van der Waals surface area contributed by atoms with Crippen molar-refractivity contribution in [3.63, 3.8) is 0 Å². The maximum Gasteiger partial charge on any atom is 0.407 e. The summed E-state index contributed by atoms with van der Waals surface area (Å²) >= 11 is -0.750. The molecule has 2 aliphatic heterocycles. The van der Waals surface area contributed by atoms with Gasteiger partial charge in [-0.3, -0.25) is 9.59 Å². The Morgan fingerprint density at radius 2 is 1.71 bits per heavy atom. The highest BCUT2D eigenvalue weighted by Crippen LogP contribution is 2.67. The monoisotopic (exact) mass is 680 g/mol. The zero-order valence-electron chi connectivity index (χ0n) is 25.8.